The highest BCUT2D eigenvalue weighted by atomic mass is 14.6. The summed E-state index contributed by atoms with van der Waals surface area (Å²) in [6.45, 7) is 7.11. The molecule has 1 aromatic carbocycles. The standard InChI is InChI=1S/C15H20N2/c1-10-6-12(3)14(7-11(10)2)15(8-16)13-4-5-17-9-13/h4-7,9,15,17H,8,16H2,1-3H3. The molecule has 1 atom stereocenters. The van der Waals surface area contributed by atoms with Crippen molar-refractivity contribution in [2.24, 2.45) is 5.73 Å². The first-order chi connectivity index (χ1) is 8.13. The molecule has 0 bridgehead atoms. The first-order valence-corrected chi connectivity index (χ1v) is 6.04. The number of nitrogens with one attached hydrogen (secondary N) is 1. The molecule has 3 N–H and O–H groups in total. The summed E-state index contributed by atoms with van der Waals surface area (Å²) in [4.78, 5) is 3.10. The van der Waals surface area contributed by atoms with Gasteiger partial charge in [-0.1, -0.05) is 12.1 Å². The Hall–Kier alpha value is -1.54. The molecule has 2 aromatic rings. The number of aromatic nitrogens is 1. The molecule has 17 heavy (non-hydrogen) atoms. The van der Waals surface area contributed by atoms with Gasteiger partial charge in [-0.2, -0.15) is 0 Å². The minimum Gasteiger partial charge on any atom is -0.367 e. The molecular formula is C15H20N2. The molecule has 0 fully saturated rings. The topological polar surface area (TPSA) is 41.8 Å². The van der Waals surface area contributed by atoms with Crippen LogP contribution < -0.4 is 5.73 Å². The fraction of sp³-hybridized carbons (Fsp3) is 0.333. The highest BCUT2D eigenvalue weighted by molar-refractivity contribution is 5.42. The van der Waals surface area contributed by atoms with E-state index in [0.717, 1.165) is 0 Å². The van der Waals surface area contributed by atoms with Crippen molar-refractivity contribution in [2.75, 3.05) is 6.54 Å². The van der Waals surface area contributed by atoms with Crippen molar-refractivity contribution < 1.29 is 0 Å². The largest absolute Gasteiger partial charge is 0.367 e. The van der Waals surface area contributed by atoms with Gasteiger partial charge in [-0.3, -0.25) is 0 Å². The Morgan fingerprint density at radius 2 is 1.82 bits per heavy atom. The van der Waals surface area contributed by atoms with Gasteiger partial charge in [0.25, 0.3) is 0 Å². The fourth-order valence-electron chi connectivity index (χ4n) is 2.35. The first kappa shape index (κ1) is 11.9. The van der Waals surface area contributed by atoms with Crippen molar-refractivity contribution in [3.05, 3.63) is 58.4 Å². The van der Waals surface area contributed by atoms with E-state index >= 15 is 0 Å². The van der Waals surface area contributed by atoms with E-state index < -0.39 is 0 Å². The van der Waals surface area contributed by atoms with Crippen LogP contribution in [0.1, 0.15) is 33.7 Å². The third-order valence-corrected chi connectivity index (χ3v) is 3.52. The summed E-state index contributed by atoms with van der Waals surface area (Å²) in [6.07, 6.45) is 3.99. The lowest BCUT2D eigenvalue weighted by molar-refractivity contribution is 0.811. The second kappa shape index (κ2) is 4.76. The monoisotopic (exact) mass is 228 g/mol. The molecule has 1 unspecified atom stereocenters. The van der Waals surface area contributed by atoms with Crippen LogP contribution in [0.3, 0.4) is 0 Å². The van der Waals surface area contributed by atoms with Crippen LogP contribution in [0, 0.1) is 20.8 Å². The van der Waals surface area contributed by atoms with Crippen LogP contribution in [0.5, 0.6) is 0 Å². The zero-order chi connectivity index (χ0) is 12.4. The minimum absolute atomic E-state index is 0.292. The lowest BCUT2D eigenvalue weighted by Crippen LogP contribution is -2.14. The quantitative estimate of drug-likeness (QED) is 0.833. The van der Waals surface area contributed by atoms with Crippen LogP contribution in [0.4, 0.5) is 0 Å². The predicted octanol–water partition coefficient (Wildman–Crippen LogP) is 3.03. The van der Waals surface area contributed by atoms with E-state index in [2.05, 4.69) is 44.0 Å². The number of aromatic amines is 1. The zero-order valence-electron chi connectivity index (χ0n) is 10.7. The van der Waals surface area contributed by atoms with Gasteiger partial charge < -0.3 is 10.7 Å². The van der Waals surface area contributed by atoms with Gasteiger partial charge in [0.15, 0.2) is 0 Å². The van der Waals surface area contributed by atoms with Crippen molar-refractivity contribution in [3.63, 3.8) is 0 Å². The van der Waals surface area contributed by atoms with Gasteiger partial charge in [0, 0.05) is 24.9 Å². The summed E-state index contributed by atoms with van der Waals surface area (Å²) in [5.41, 5.74) is 12.5. The summed E-state index contributed by atoms with van der Waals surface area (Å²) in [5.74, 6) is 0.292. The molecule has 0 saturated heterocycles. The minimum atomic E-state index is 0.292. The zero-order valence-corrected chi connectivity index (χ0v) is 10.7. The van der Waals surface area contributed by atoms with Crippen molar-refractivity contribution in [1.29, 1.82) is 0 Å². The first-order valence-electron chi connectivity index (χ1n) is 6.04. The Bertz CT molecular complexity index is 498. The van der Waals surface area contributed by atoms with Crippen molar-refractivity contribution >= 4 is 0 Å². The van der Waals surface area contributed by atoms with Crippen LogP contribution in [0.25, 0.3) is 0 Å². The van der Waals surface area contributed by atoms with Crippen molar-refractivity contribution in [1.82, 2.24) is 4.98 Å². The molecule has 0 saturated carbocycles. The van der Waals surface area contributed by atoms with E-state index in [1.807, 2.05) is 12.4 Å². The number of aryl methyl sites for hydroxylation is 3. The maximum absolute atomic E-state index is 5.94. The van der Waals surface area contributed by atoms with E-state index in [1.165, 1.54) is 27.8 Å². The fourth-order valence-corrected chi connectivity index (χ4v) is 2.35. The Kier molecular flexibility index (Phi) is 3.34. The summed E-state index contributed by atoms with van der Waals surface area (Å²) in [6, 6.07) is 6.63. The molecule has 2 nitrogen and oxygen atoms in total. The third kappa shape index (κ3) is 2.27. The lowest BCUT2D eigenvalue weighted by atomic mass is 9.87. The van der Waals surface area contributed by atoms with Crippen molar-refractivity contribution in [3.8, 4) is 0 Å². The van der Waals surface area contributed by atoms with Crippen LogP contribution in [-0.2, 0) is 0 Å². The molecule has 90 valence electrons. The molecule has 0 aliphatic carbocycles. The number of benzene rings is 1. The average molecular weight is 228 g/mol. The molecule has 0 aliphatic rings. The summed E-state index contributed by atoms with van der Waals surface area (Å²) in [5, 5.41) is 0. The van der Waals surface area contributed by atoms with Gasteiger partial charge in [-0.05, 0) is 54.7 Å². The second-order valence-corrected chi connectivity index (χ2v) is 4.73. The van der Waals surface area contributed by atoms with Gasteiger partial charge in [0.2, 0.25) is 0 Å². The molecule has 1 heterocycles. The smallest absolute Gasteiger partial charge is 0.0230 e. The Morgan fingerprint density at radius 3 is 2.41 bits per heavy atom. The third-order valence-electron chi connectivity index (χ3n) is 3.52. The van der Waals surface area contributed by atoms with E-state index in [4.69, 9.17) is 5.73 Å². The summed E-state index contributed by atoms with van der Waals surface area (Å²) < 4.78 is 0. The normalized spacial score (nSPS) is 12.7. The Labute approximate surface area is 103 Å². The molecule has 0 spiro atoms. The maximum Gasteiger partial charge on any atom is 0.0230 e. The molecule has 2 heteroatoms. The number of H-pyrrole nitrogens is 1. The molecule has 2 rings (SSSR count). The molecule has 1 aromatic heterocycles. The van der Waals surface area contributed by atoms with Crippen LogP contribution in [0.2, 0.25) is 0 Å². The van der Waals surface area contributed by atoms with Crippen LogP contribution in [-0.4, -0.2) is 11.5 Å². The predicted molar refractivity (Wildman–Crippen MR) is 72.3 cm³/mol. The number of nitrogens with two attached hydrogens (primary N) is 1. The Morgan fingerprint density at radius 1 is 1.12 bits per heavy atom. The molecular weight excluding hydrogens is 208 g/mol. The molecule has 0 amide bonds. The SMILES string of the molecule is Cc1cc(C)c(C(CN)c2cc[nH]c2)cc1C. The van der Waals surface area contributed by atoms with Gasteiger partial charge >= 0.3 is 0 Å². The number of rotatable bonds is 3. The summed E-state index contributed by atoms with van der Waals surface area (Å²) in [7, 11) is 0. The van der Waals surface area contributed by atoms with Gasteiger partial charge in [0.05, 0.1) is 0 Å². The highest BCUT2D eigenvalue weighted by Gasteiger charge is 2.15. The molecule has 0 radical (unpaired) electrons. The average Bonchev–Trinajstić information content (AvgIpc) is 2.80. The van der Waals surface area contributed by atoms with E-state index in [1.54, 1.807) is 0 Å². The number of hydrogen-bond donors (Lipinski definition) is 2. The number of hydrogen-bond acceptors (Lipinski definition) is 1. The van der Waals surface area contributed by atoms with Crippen LogP contribution >= 0.6 is 0 Å². The van der Waals surface area contributed by atoms with E-state index in [-0.39, 0.29) is 0 Å². The summed E-state index contributed by atoms with van der Waals surface area (Å²) >= 11 is 0. The Balaban J connectivity index is 2.48. The highest BCUT2D eigenvalue weighted by Crippen LogP contribution is 2.28. The lowest BCUT2D eigenvalue weighted by Gasteiger charge is -2.18. The van der Waals surface area contributed by atoms with Crippen LogP contribution in [0.15, 0.2) is 30.6 Å². The van der Waals surface area contributed by atoms with Gasteiger partial charge in [-0.25, -0.2) is 0 Å². The van der Waals surface area contributed by atoms with Gasteiger partial charge in [0.1, 0.15) is 0 Å². The second-order valence-electron chi connectivity index (χ2n) is 4.73. The van der Waals surface area contributed by atoms with Crippen molar-refractivity contribution in [2.45, 2.75) is 26.7 Å². The van der Waals surface area contributed by atoms with Gasteiger partial charge in [-0.15, -0.1) is 0 Å². The maximum atomic E-state index is 5.94. The van der Waals surface area contributed by atoms with E-state index in [0.29, 0.717) is 12.5 Å². The molecule has 0 aliphatic heterocycles. The van der Waals surface area contributed by atoms with E-state index in [9.17, 15) is 0 Å².